The van der Waals surface area contributed by atoms with Gasteiger partial charge in [0.1, 0.15) is 0 Å². The van der Waals surface area contributed by atoms with E-state index in [9.17, 15) is 0 Å². The minimum Gasteiger partial charge on any atom is -0.410 e. The number of hydrogen-bond donors (Lipinski definition) is 1. The fraction of sp³-hybridized carbons (Fsp3) is 0.400. The summed E-state index contributed by atoms with van der Waals surface area (Å²) in [5.41, 5.74) is 0.912. The van der Waals surface area contributed by atoms with Crippen molar-refractivity contribution < 1.29 is 25.5 Å². The Morgan fingerprint density at radius 2 is 2.12 bits per heavy atom. The van der Waals surface area contributed by atoms with Crippen molar-refractivity contribution in [2.75, 3.05) is 6.61 Å². The second-order valence-electron chi connectivity index (χ2n) is 1.21. The van der Waals surface area contributed by atoms with E-state index >= 15 is 0 Å². The molecule has 0 aliphatic heterocycles. The molecule has 8 heavy (non-hydrogen) atoms. The summed E-state index contributed by atoms with van der Waals surface area (Å²) in [4.78, 5) is 0. The van der Waals surface area contributed by atoms with Gasteiger partial charge in [-0.2, -0.15) is 5.57 Å². The fourth-order valence-electron chi connectivity index (χ4n) is 0.0645. The fourth-order valence-corrected chi connectivity index (χ4v) is 0.0645. The topological polar surface area (TPSA) is 20.2 Å². The Bertz CT molecular complexity index is 63.4. The third-order valence-corrected chi connectivity index (χ3v) is 0.598. The zero-order valence-electron chi connectivity index (χ0n) is 5.02. The Kier molecular flexibility index (Phi) is 18.7. The van der Waals surface area contributed by atoms with Crippen molar-refractivity contribution in [2.24, 2.45) is 0 Å². The summed E-state index contributed by atoms with van der Waals surface area (Å²) < 4.78 is 0. The molecule has 0 aromatic carbocycles. The Morgan fingerprint density at radius 3 is 2.12 bits per heavy atom. The third kappa shape index (κ3) is 8.97. The van der Waals surface area contributed by atoms with Crippen LogP contribution in [0.5, 0.6) is 0 Å². The molecule has 0 atom stereocenters. The summed E-state index contributed by atoms with van der Waals surface area (Å²) in [5, 5.41) is 8.23. The minimum absolute atomic E-state index is 0. The molecule has 0 aliphatic carbocycles. The molecule has 0 amide bonds. The zero-order chi connectivity index (χ0) is 4.99. The Morgan fingerprint density at radius 1 is 1.75 bits per heavy atom. The van der Waals surface area contributed by atoms with E-state index in [1.807, 2.05) is 6.92 Å². The van der Waals surface area contributed by atoms with E-state index in [1.165, 1.54) is 0 Å². The molecule has 0 fully saturated rings. The van der Waals surface area contributed by atoms with Crippen LogP contribution in [0.1, 0.15) is 6.92 Å². The standard InChI is InChI=1S/C5H9O.Re.Rf/c1-3-5(2)4-6;;/h3,6H,1,4H2,2H3;;/q-1;;/b5-3+;;. The molecule has 0 spiro atoms. The first-order valence-corrected chi connectivity index (χ1v) is 1.87. The molecule has 0 aromatic rings. The van der Waals surface area contributed by atoms with Crippen molar-refractivity contribution in [2.45, 2.75) is 6.92 Å². The number of aliphatic hydroxyl groups excluding tert-OH is 1. The van der Waals surface area contributed by atoms with Gasteiger partial charge in [-0.25, -0.2) is 13.0 Å². The molecular weight excluding hydrogens is 529 g/mol. The molecule has 0 aromatic heterocycles. The van der Waals surface area contributed by atoms with Crippen LogP contribution in [0.15, 0.2) is 11.6 Å². The molecule has 1 nitrogen and oxygen atoms in total. The molecule has 45 valence electrons. The summed E-state index contributed by atoms with van der Waals surface area (Å²) in [5.74, 6) is 0. The molecule has 0 rings (SSSR count). The zero-order valence-corrected chi connectivity index (χ0v) is 14.1. The number of aliphatic hydroxyl groups is 1. The van der Waals surface area contributed by atoms with Gasteiger partial charge in [-0.3, -0.25) is 0 Å². The van der Waals surface area contributed by atoms with Gasteiger partial charge in [-0.05, 0) is 6.61 Å². The first-order chi connectivity index (χ1) is 2.81. The minimum atomic E-state index is 0. The van der Waals surface area contributed by atoms with Gasteiger partial charge in [0.05, 0.1) is 0 Å². The van der Waals surface area contributed by atoms with Gasteiger partial charge in [-0.1, -0.05) is 0 Å². The van der Waals surface area contributed by atoms with Gasteiger partial charge in [0, 0.05) is 20.4 Å². The van der Waals surface area contributed by atoms with Crippen LogP contribution in [-0.4, -0.2) is 11.7 Å². The first-order valence-electron chi connectivity index (χ1n) is 1.87. The summed E-state index contributed by atoms with van der Waals surface area (Å²) in [6, 6.07) is 0. The molecule has 0 heterocycles. The molecule has 3 heteroatoms. The summed E-state index contributed by atoms with van der Waals surface area (Å²) in [7, 11) is 0. The molecule has 0 saturated carbocycles. The largest absolute Gasteiger partial charge is 0.410 e. The molecule has 0 unspecified atom stereocenters. The average Bonchev–Trinajstić information content (AvgIpc) is 1.65. The number of allylic oxidation sites excluding steroid dienone is 1. The number of rotatable bonds is 1. The molecule has 1 radical (unpaired) electrons. The quantitative estimate of drug-likeness (QED) is 0.490. The van der Waals surface area contributed by atoms with Crippen molar-refractivity contribution in [3.63, 3.8) is 0 Å². The second kappa shape index (κ2) is 9.53. The van der Waals surface area contributed by atoms with E-state index in [0.717, 1.165) is 5.57 Å². The van der Waals surface area contributed by atoms with Crippen LogP contribution in [0.2, 0.25) is 0 Å². The van der Waals surface area contributed by atoms with Gasteiger partial charge in [0.15, 0.2) is 0 Å². The van der Waals surface area contributed by atoms with Crippen LogP contribution in [-0.2, 0) is 20.4 Å². The van der Waals surface area contributed by atoms with E-state index in [2.05, 4.69) is 6.92 Å². The maximum Gasteiger partial charge on any atom is 0 e. The molecule has 0 bridgehead atoms. The predicted molar refractivity (Wildman–Crippen MR) is 26.2 cm³/mol. The van der Waals surface area contributed by atoms with Gasteiger partial charge >= 0.3 is 0 Å². The summed E-state index contributed by atoms with van der Waals surface area (Å²) in [6.45, 7) is 5.39. The van der Waals surface area contributed by atoms with Crippen molar-refractivity contribution >= 4 is 0 Å². The van der Waals surface area contributed by atoms with Crippen LogP contribution in [0.25, 0.3) is 0 Å². The molecular formula is C5H9OReRf-. The third-order valence-electron chi connectivity index (χ3n) is 0.598. The van der Waals surface area contributed by atoms with E-state index in [4.69, 9.17) is 5.11 Å². The second-order valence-corrected chi connectivity index (χ2v) is 1.21. The Labute approximate surface area is 58.1 Å². The monoisotopic (exact) mass is 539 g/mol. The van der Waals surface area contributed by atoms with Crippen LogP contribution in [0.3, 0.4) is 0 Å². The SMILES string of the molecule is [CH2-]/C=C(\C)CO.[Re].[Rf]. The van der Waals surface area contributed by atoms with Crippen LogP contribution < -0.4 is 0 Å². The Hall–Kier alpha value is -0.768. The average molecular weight is 538 g/mol. The predicted octanol–water partition coefficient (Wildman–Crippen LogP) is 0.757. The van der Waals surface area contributed by atoms with Crippen LogP contribution in [0.4, 0.5) is 0 Å². The van der Waals surface area contributed by atoms with E-state index in [1.54, 1.807) is 6.08 Å². The first kappa shape index (κ1) is 15.7. The molecule has 0 saturated heterocycles. The van der Waals surface area contributed by atoms with Crippen molar-refractivity contribution in [1.29, 1.82) is 0 Å². The van der Waals surface area contributed by atoms with Crippen LogP contribution >= 0.6 is 0 Å². The molecule has 0 aliphatic rings. The van der Waals surface area contributed by atoms with Gasteiger partial charge < -0.3 is 5.11 Å². The van der Waals surface area contributed by atoms with Gasteiger partial charge in [0.25, 0.3) is 0 Å². The van der Waals surface area contributed by atoms with Crippen molar-refractivity contribution in [1.82, 2.24) is 0 Å². The summed E-state index contributed by atoms with van der Waals surface area (Å²) in [6.07, 6.45) is 1.64. The van der Waals surface area contributed by atoms with Crippen LogP contribution in [0, 0.1) is 6.92 Å². The summed E-state index contributed by atoms with van der Waals surface area (Å²) >= 11 is 0. The van der Waals surface area contributed by atoms with Gasteiger partial charge in [-0.15, -0.1) is 6.92 Å². The van der Waals surface area contributed by atoms with E-state index < -0.39 is 0 Å². The molecule has 1 N–H and O–H groups in total. The van der Waals surface area contributed by atoms with E-state index in [0.29, 0.717) is 0 Å². The maximum atomic E-state index is 8.23. The maximum absolute atomic E-state index is 8.23. The van der Waals surface area contributed by atoms with Gasteiger partial charge in [0.2, 0.25) is 0 Å². The smallest absolute Gasteiger partial charge is 0 e. The van der Waals surface area contributed by atoms with Crippen molar-refractivity contribution in [3.05, 3.63) is 18.6 Å². The normalized spacial score (nSPS) is 9.00. The van der Waals surface area contributed by atoms with Crippen molar-refractivity contribution in [3.8, 4) is 0 Å². The Balaban J connectivity index is -0.000000125. The van der Waals surface area contributed by atoms with E-state index in [-0.39, 0.29) is 27.0 Å². The number of hydrogen-bond acceptors (Lipinski definition) is 1.